The number of carbonyl (C=O) groups is 2. The third-order valence-corrected chi connectivity index (χ3v) is 6.03. The van der Waals surface area contributed by atoms with Crippen molar-refractivity contribution in [3.05, 3.63) is 57.2 Å². The lowest BCUT2D eigenvalue weighted by Gasteiger charge is -2.21. The second-order valence-corrected chi connectivity index (χ2v) is 8.70. The molecule has 0 saturated heterocycles. The summed E-state index contributed by atoms with van der Waals surface area (Å²) in [6, 6.07) is 10.2. The van der Waals surface area contributed by atoms with Crippen LogP contribution in [0.1, 0.15) is 29.1 Å². The van der Waals surface area contributed by atoms with Crippen molar-refractivity contribution in [1.82, 2.24) is 10.6 Å². The summed E-state index contributed by atoms with van der Waals surface area (Å²) in [5.41, 5.74) is 0.486. The zero-order valence-electron chi connectivity index (χ0n) is 14.8. The molecule has 1 heterocycles. The van der Waals surface area contributed by atoms with Gasteiger partial charge in [0.1, 0.15) is 6.04 Å². The molecule has 0 unspecified atom stereocenters. The number of hydrogen-bond donors (Lipinski definition) is 2. The van der Waals surface area contributed by atoms with Crippen molar-refractivity contribution in [1.29, 1.82) is 0 Å². The second-order valence-electron chi connectivity index (χ2n) is 6.13. The van der Waals surface area contributed by atoms with E-state index in [2.05, 4.69) is 22.1 Å². The first-order valence-electron chi connectivity index (χ1n) is 8.41. The summed E-state index contributed by atoms with van der Waals surface area (Å²) in [5.74, 6) is 1.35. The van der Waals surface area contributed by atoms with Crippen LogP contribution in [0.3, 0.4) is 0 Å². The molecule has 7 heteroatoms. The predicted octanol–water partition coefficient (Wildman–Crippen LogP) is 4.21. The zero-order chi connectivity index (χ0) is 18.9. The van der Waals surface area contributed by atoms with Crippen molar-refractivity contribution in [2.24, 2.45) is 5.92 Å². The van der Waals surface area contributed by atoms with E-state index < -0.39 is 6.04 Å². The van der Waals surface area contributed by atoms with Gasteiger partial charge < -0.3 is 10.6 Å². The Morgan fingerprint density at radius 1 is 1.19 bits per heavy atom. The Balaban J connectivity index is 1.78. The molecule has 2 amide bonds. The summed E-state index contributed by atoms with van der Waals surface area (Å²) in [5, 5.41) is 8.37. The first-order valence-corrected chi connectivity index (χ1v) is 10.8. The van der Waals surface area contributed by atoms with Crippen molar-refractivity contribution >= 4 is 46.5 Å². The van der Waals surface area contributed by atoms with Crippen molar-refractivity contribution in [3.8, 4) is 0 Å². The molecule has 0 bridgehead atoms. The van der Waals surface area contributed by atoms with Gasteiger partial charge in [-0.2, -0.15) is 11.8 Å². The van der Waals surface area contributed by atoms with Gasteiger partial charge in [0.05, 0.1) is 0 Å². The van der Waals surface area contributed by atoms with Crippen LogP contribution in [-0.4, -0.2) is 30.2 Å². The molecule has 0 aliphatic heterocycles. The van der Waals surface area contributed by atoms with Gasteiger partial charge in [-0.1, -0.05) is 31.5 Å². The SMILES string of the molecule is CC(C)[C@H](NC(=O)c1ccc(Cl)cc1)C(=O)NCCSCc1cccs1. The number of amides is 2. The quantitative estimate of drug-likeness (QED) is 0.609. The first-order chi connectivity index (χ1) is 12.5. The van der Waals surface area contributed by atoms with Gasteiger partial charge in [-0.15, -0.1) is 11.3 Å². The number of benzene rings is 1. The van der Waals surface area contributed by atoms with E-state index in [9.17, 15) is 9.59 Å². The molecule has 0 aliphatic carbocycles. The average Bonchev–Trinajstić information content (AvgIpc) is 3.12. The Labute approximate surface area is 167 Å². The fourth-order valence-corrected chi connectivity index (χ4v) is 4.11. The van der Waals surface area contributed by atoms with Crippen molar-refractivity contribution in [3.63, 3.8) is 0 Å². The zero-order valence-corrected chi connectivity index (χ0v) is 17.2. The normalized spacial score (nSPS) is 12.0. The van der Waals surface area contributed by atoms with E-state index in [0.717, 1.165) is 11.5 Å². The molecule has 1 atom stereocenters. The third kappa shape index (κ3) is 6.67. The molecule has 2 rings (SSSR count). The molecule has 2 N–H and O–H groups in total. The van der Waals surface area contributed by atoms with Crippen molar-refractivity contribution < 1.29 is 9.59 Å². The lowest BCUT2D eigenvalue weighted by Crippen LogP contribution is -2.50. The van der Waals surface area contributed by atoms with E-state index in [1.807, 2.05) is 19.9 Å². The first kappa shape index (κ1) is 20.8. The fraction of sp³-hybridized carbons (Fsp3) is 0.368. The molecule has 1 aromatic heterocycles. The number of halogens is 1. The maximum Gasteiger partial charge on any atom is 0.251 e. The Hall–Kier alpha value is -1.50. The minimum atomic E-state index is -0.569. The molecule has 0 saturated carbocycles. The fourth-order valence-electron chi connectivity index (χ4n) is 2.28. The summed E-state index contributed by atoms with van der Waals surface area (Å²) < 4.78 is 0. The van der Waals surface area contributed by atoms with Gasteiger partial charge in [-0.25, -0.2) is 0 Å². The monoisotopic (exact) mass is 410 g/mol. The van der Waals surface area contributed by atoms with E-state index in [4.69, 9.17) is 11.6 Å². The Morgan fingerprint density at radius 3 is 2.54 bits per heavy atom. The minimum Gasteiger partial charge on any atom is -0.353 e. The summed E-state index contributed by atoms with van der Waals surface area (Å²) >= 11 is 9.36. The topological polar surface area (TPSA) is 58.2 Å². The number of carbonyl (C=O) groups excluding carboxylic acids is 2. The summed E-state index contributed by atoms with van der Waals surface area (Å²) in [7, 11) is 0. The number of rotatable bonds is 9. The molecular formula is C19H23ClN2O2S2. The van der Waals surface area contributed by atoms with Gasteiger partial charge in [-0.05, 0) is 41.6 Å². The largest absolute Gasteiger partial charge is 0.353 e. The number of thiophene rings is 1. The molecule has 0 aliphatic rings. The van der Waals surface area contributed by atoms with Crippen LogP contribution in [0, 0.1) is 5.92 Å². The molecule has 0 spiro atoms. The Bertz CT molecular complexity index is 703. The third-order valence-electron chi connectivity index (χ3n) is 3.71. The summed E-state index contributed by atoms with van der Waals surface area (Å²) in [4.78, 5) is 26.1. The smallest absolute Gasteiger partial charge is 0.251 e. The van der Waals surface area contributed by atoms with E-state index >= 15 is 0 Å². The highest BCUT2D eigenvalue weighted by Crippen LogP contribution is 2.16. The minimum absolute atomic E-state index is 0.00924. The molecule has 140 valence electrons. The van der Waals surface area contributed by atoms with Crippen molar-refractivity contribution in [2.45, 2.75) is 25.6 Å². The number of hydrogen-bond acceptors (Lipinski definition) is 4. The molecule has 0 radical (unpaired) electrons. The molecule has 0 fully saturated rings. The van der Waals surface area contributed by atoms with E-state index in [1.165, 1.54) is 4.88 Å². The Morgan fingerprint density at radius 2 is 1.92 bits per heavy atom. The van der Waals surface area contributed by atoms with Gasteiger partial charge in [0, 0.05) is 33.5 Å². The summed E-state index contributed by atoms with van der Waals surface area (Å²) in [6.07, 6.45) is 0. The molecule has 2 aromatic rings. The van der Waals surface area contributed by atoms with Crippen LogP contribution in [-0.2, 0) is 10.5 Å². The maximum absolute atomic E-state index is 12.4. The van der Waals surface area contributed by atoms with Crippen LogP contribution in [0.5, 0.6) is 0 Å². The van der Waals surface area contributed by atoms with Gasteiger partial charge >= 0.3 is 0 Å². The molecule has 4 nitrogen and oxygen atoms in total. The van der Waals surface area contributed by atoms with Gasteiger partial charge in [0.25, 0.3) is 5.91 Å². The standard InChI is InChI=1S/C19H23ClN2O2S2/c1-13(2)17(22-18(23)14-5-7-15(20)8-6-14)19(24)21-9-11-25-12-16-4-3-10-26-16/h3-8,10,13,17H,9,11-12H2,1-2H3,(H,21,24)(H,22,23)/t17-/m0/s1. The van der Waals surface area contributed by atoms with Crippen LogP contribution >= 0.6 is 34.7 Å². The van der Waals surface area contributed by atoms with Gasteiger partial charge in [0.2, 0.25) is 5.91 Å². The molecule has 1 aromatic carbocycles. The highest BCUT2D eigenvalue weighted by atomic mass is 35.5. The van der Waals surface area contributed by atoms with Gasteiger partial charge in [-0.3, -0.25) is 9.59 Å². The van der Waals surface area contributed by atoms with E-state index in [1.54, 1.807) is 47.4 Å². The van der Waals surface area contributed by atoms with Gasteiger partial charge in [0.15, 0.2) is 0 Å². The Kier molecular flexibility index (Phi) is 8.48. The van der Waals surface area contributed by atoms with Crippen LogP contribution in [0.15, 0.2) is 41.8 Å². The number of nitrogens with one attached hydrogen (secondary N) is 2. The van der Waals surface area contributed by atoms with Crippen LogP contribution in [0.2, 0.25) is 5.02 Å². The highest BCUT2D eigenvalue weighted by Gasteiger charge is 2.24. The maximum atomic E-state index is 12.4. The van der Waals surface area contributed by atoms with Crippen LogP contribution in [0.4, 0.5) is 0 Å². The highest BCUT2D eigenvalue weighted by molar-refractivity contribution is 7.98. The molecular weight excluding hydrogens is 388 g/mol. The van der Waals surface area contributed by atoms with Crippen molar-refractivity contribution in [2.75, 3.05) is 12.3 Å². The van der Waals surface area contributed by atoms with E-state index in [0.29, 0.717) is 17.1 Å². The predicted molar refractivity (Wildman–Crippen MR) is 111 cm³/mol. The molecule has 26 heavy (non-hydrogen) atoms. The lowest BCUT2D eigenvalue weighted by atomic mass is 10.0. The van der Waals surface area contributed by atoms with Crippen LogP contribution in [0.25, 0.3) is 0 Å². The average molecular weight is 411 g/mol. The summed E-state index contributed by atoms with van der Waals surface area (Å²) in [6.45, 7) is 4.41. The number of thioether (sulfide) groups is 1. The van der Waals surface area contributed by atoms with E-state index in [-0.39, 0.29) is 17.7 Å². The van der Waals surface area contributed by atoms with Crippen LogP contribution < -0.4 is 10.6 Å². The second kappa shape index (κ2) is 10.6. The lowest BCUT2D eigenvalue weighted by molar-refractivity contribution is -0.123.